The van der Waals surface area contributed by atoms with Crippen LogP contribution >= 0.6 is 0 Å². The Labute approximate surface area is 168 Å². The molecule has 0 aliphatic carbocycles. The second kappa shape index (κ2) is 12.3. The quantitative estimate of drug-likeness (QED) is 0.236. The Morgan fingerprint density at radius 3 is 2.83 bits per heavy atom. The molecule has 10 heteroatoms. The lowest BCUT2D eigenvalue weighted by Gasteiger charge is -2.13. The number of carbonyl (C=O) groups is 1. The van der Waals surface area contributed by atoms with E-state index in [2.05, 4.69) is 20.9 Å². The number of benzene rings is 1. The molecule has 0 radical (unpaired) electrons. The van der Waals surface area contributed by atoms with Crippen LogP contribution in [-0.2, 0) is 14.3 Å². The van der Waals surface area contributed by atoms with Gasteiger partial charge in [0.15, 0.2) is 23.4 Å². The standard InChI is InChI=1S/C19H27F3N4O3/c1-2-23-19(24-8-4-9-28-12-13-5-3-10-29-13)25-11-16(27)26-15-7-6-14(20)17(21)18(15)22/h6-7,13H,2-5,8-12H2,1H3,(H,26,27)(H2,23,24,25). The van der Waals surface area contributed by atoms with Gasteiger partial charge in [-0.1, -0.05) is 0 Å². The summed E-state index contributed by atoms with van der Waals surface area (Å²) in [5.41, 5.74) is -0.439. The number of guanidine groups is 1. The number of hydrogen-bond acceptors (Lipinski definition) is 4. The molecule has 1 unspecified atom stereocenters. The first-order valence-electron chi connectivity index (χ1n) is 9.66. The molecule has 1 aliphatic rings. The number of rotatable bonds is 10. The molecule has 0 bridgehead atoms. The summed E-state index contributed by atoms with van der Waals surface area (Å²) in [5.74, 6) is -4.66. The summed E-state index contributed by atoms with van der Waals surface area (Å²) in [6.45, 7) is 4.69. The summed E-state index contributed by atoms with van der Waals surface area (Å²) in [6.07, 6.45) is 3.05. The summed E-state index contributed by atoms with van der Waals surface area (Å²) in [5, 5.41) is 8.21. The summed E-state index contributed by atoms with van der Waals surface area (Å²) in [7, 11) is 0. The molecule has 1 aromatic carbocycles. The van der Waals surface area contributed by atoms with Gasteiger partial charge in [-0.15, -0.1) is 0 Å². The molecule has 1 aromatic rings. The van der Waals surface area contributed by atoms with E-state index < -0.39 is 29.0 Å². The highest BCUT2D eigenvalue weighted by atomic mass is 19.2. The molecular formula is C19H27F3N4O3. The van der Waals surface area contributed by atoms with Gasteiger partial charge in [0, 0.05) is 26.3 Å². The van der Waals surface area contributed by atoms with E-state index in [1.54, 1.807) is 0 Å². The molecule has 3 N–H and O–H groups in total. The predicted molar refractivity (Wildman–Crippen MR) is 103 cm³/mol. The number of ether oxygens (including phenoxy) is 2. The van der Waals surface area contributed by atoms with Crippen molar-refractivity contribution in [2.75, 3.05) is 44.8 Å². The van der Waals surface area contributed by atoms with Crippen molar-refractivity contribution in [1.29, 1.82) is 0 Å². The average Bonchev–Trinajstić information content (AvgIpc) is 3.22. The van der Waals surface area contributed by atoms with E-state index in [-0.39, 0.29) is 12.6 Å². The second-order valence-corrected chi connectivity index (χ2v) is 6.46. The number of hydrogen-bond donors (Lipinski definition) is 3. The van der Waals surface area contributed by atoms with Crippen LogP contribution in [0.15, 0.2) is 17.1 Å². The lowest BCUT2D eigenvalue weighted by Crippen LogP contribution is -2.38. The lowest BCUT2D eigenvalue weighted by molar-refractivity contribution is -0.114. The van der Waals surface area contributed by atoms with E-state index in [0.29, 0.717) is 32.3 Å². The van der Waals surface area contributed by atoms with Gasteiger partial charge in [0.2, 0.25) is 5.91 Å². The van der Waals surface area contributed by atoms with E-state index in [1.807, 2.05) is 6.92 Å². The molecule has 1 heterocycles. The van der Waals surface area contributed by atoms with Crippen molar-refractivity contribution in [3.05, 3.63) is 29.6 Å². The van der Waals surface area contributed by atoms with Crippen molar-refractivity contribution in [3.8, 4) is 0 Å². The topological polar surface area (TPSA) is 84.0 Å². The zero-order valence-electron chi connectivity index (χ0n) is 16.4. The lowest BCUT2D eigenvalue weighted by atomic mass is 10.2. The van der Waals surface area contributed by atoms with Crippen molar-refractivity contribution in [2.45, 2.75) is 32.3 Å². The minimum Gasteiger partial charge on any atom is -0.379 e. The Balaban J connectivity index is 1.71. The fourth-order valence-electron chi connectivity index (χ4n) is 2.68. The Bertz CT molecular complexity index is 698. The third kappa shape index (κ3) is 7.90. The van der Waals surface area contributed by atoms with Gasteiger partial charge < -0.3 is 25.4 Å². The van der Waals surface area contributed by atoms with Crippen LogP contribution in [0.1, 0.15) is 26.2 Å². The summed E-state index contributed by atoms with van der Waals surface area (Å²) >= 11 is 0. The van der Waals surface area contributed by atoms with Crippen LogP contribution in [0, 0.1) is 17.5 Å². The molecular weight excluding hydrogens is 389 g/mol. The van der Waals surface area contributed by atoms with Crippen LogP contribution in [0.4, 0.5) is 18.9 Å². The van der Waals surface area contributed by atoms with Gasteiger partial charge in [-0.2, -0.15) is 0 Å². The molecule has 1 atom stereocenters. The third-order valence-electron chi connectivity index (χ3n) is 4.12. The fraction of sp³-hybridized carbons (Fsp3) is 0.579. The largest absolute Gasteiger partial charge is 0.379 e. The van der Waals surface area contributed by atoms with E-state index in [0.717, 1.165) is 38.0 Å². The van der Waals surface area contributed by atoms with E-state index in [4.69, 9.17) is 9.47 Å². The zero-order valence-corrected chi connectivity index (χ0v) is 16.4. The van der Waals surface area contributed by atoms with Gasteiger partial charge in [-0.25, -0.2) is 18.2 Å². The van der Waals surface area contributed by atoms with Crippen LogP contribution in [0.5, 0.6) is 0 Å². The Hall–Kier alpha value is -2.33. The highest BCUT2D eigenvalue weighted by Crippen LogP contribution is 2.19. The number of nitrogens with one attached hydrogen (secondary N) is 3. The molecule has 1 aliphatic heterocycles. The van der Waals surface area contributed by atoms with Gasteiger partial charge in [-0.05, 0) is 38.3 Å². The maximum absolute atomic E-state index is 13.6. The van der Waals surface area contributed by atoms with Crippen LogP contribution in [0.25, 0.3) is 0 Å². The van der Waals surface area contributed by atoms with Gasteiger partial charge in [-0.3, -0.25) is 4.79 Å². The molecule has 162 valence electrons. The zero-order chi connectivity index (χ0) is 21.1. The summed E-state index contributed by atoms with van der Waals surface area (Å²) in [6, 6.07) is 1.69. The Morgan fingerprint density at radius 2 is 2.10 bits per heavy atom. The molecule has 2 rings (SSSR count). The van der Waals surface area contributed by atoms with E-state index >= 15 is 0 Å². The Kier molecular flexibility index (Phi) is 9.72. The third-order valence-corrected chi connectivity index (χ3v) is 4.12. The van der Waals surface area contributed by atoms with E-state index in [1.165, 1.54) is 0 Å². The first-order valence-corrected chi connectivity index (χ1v) is 9.66. The molecule has 7 nitrogen and oxygen atoms in total. The number of carbonyl (C=O) groups excluding carboxylic acids is 1. The molecule has 29 heavy (non-hydrogen) atoms. The van der Waals surface area contributed by atoms with Gasteiger partial charge in [0.1, 0.15) is 6.54 Å². The van der Waals surface area contributed by atoms with Gasteiger partial charge in [0.25, 0.3) is 0 Å². The van der Waals surface area contributed by atoms with Gasteiger partial charge in [0.05, 0.1) is 18.4 Å². The molecule has 1 amide bonds. The number of aliphatic imine (C=N–C) groups is 1. The minimum atomic E-state index is -1.64. The molecule has 1 fully saturated rings. The highest BCUT2D eigenvalue weighted by Gasteiger charge is 2.16. The molecule has 1 saturated heterocycles. The van der Waals surface area contributed by atoms with Crippen LogP contribution in [0.3, 0.4) is 0 Å². The average molecular weight is 416 g/mol. The maximum atomic E-state index is 13.6. The summed E-state index contributed by atoms with van der Waals surface area (Å²) < 4.78 is 50.8. The van der Waals surface area contributed by atoms with Crippen molar-refractivity contribution in [3.63, 3.8) is 0 Å². The van der Waals surface area contributed by atoms with Crippen molar-refractivity contribution in [1.82, 2.24) is 10.6 Å². The molecule has 0 aromatic heterocycles. The van der Waals surface area contributed by atoms with Crippen molar-refractivity contribution in [2.24, 2.45) is 4.99 Å². The van der Waals surface area contributed by atoms with Crippen LogP contribution < -0.4 is 16.0 Å². The SMILES string of the molecule is CCNC(=NCC(=O)Nc1ccc(F)c(F)c1F)NCCCOCC1CCCO1. The first kappa shape index (κ1) is 23.0. The van der Waals surface area contributed by atoms with E-state index in [9.17, 15) is 18.0 Å². The van der Waals surface area contributed by atoms with Crippen molar-refractivity contribution >= 4 is 17.6 Å². The predicted octanol–water partition coefficient (Wildman–Crippen LogP) is 2.18. The summed E-state index contributed by atoms with van der Waals surface area (Å²) in [4.78, 5) is 16.0. The second-order valence-electron chi connectivity index (χ2n) is 6.46. The fourth-order valence-corrected chi connectivity index (χ4v) is 2.68. The van der Waals surface area contributed by atoms with Gasteiger partial charge >= 0.3 is 0 Å². The van der Waals surface area contributed by atoms with Crippen molar-refractivity contribution < 1.29 is 27.4 Å². The number of amides is 1. The maximum Gasteiger partial charge on any atom is 0.246 e. The van der Waals surface area contributed by atoms with Crippen LogP contribution in [-0.4, -0.2) is 57.4 Å². The number of anilines is 1. The Morgan fingerprint density at radius 1 is 1.28 bits per heavy atom. The smallest absolute Gasteiger partial charge is 0.246 e. The normalized spacial score (nSPS) is 16.7. The molecule has 0 spiro atoms. The van der Waals surface area contributed by atoms with Crippen LogP contribution in [0.2, 0.25) is 0 Å². The minimum absolute atomic E-state index is 0.194. The first-order chi connectivity index (χ1) is 14.0. The monoisotopic (exact) mass is 416 g/mol. The highest BCUT2D eigenvalue weighted by molar-refractivity contribution is 5.94. The number of halogens is 3. The molecule has 0 saturated carbocycles. The number of nitrogens with zero attached hydrogens (tertiary/aromatic N) is 1.